The van der Waals surface area contributed by atoms with E-state index in [1.165, 1.54) is 0 Å². The highest BCUT2D eigenvalue weighted by atomic mass is 16.5. The quantitative estimate of drug-likeness (QED) is 0.669. The summed E-state index contributed by atoms with van der Waals surface area (Å²) in [6.07, 6.45) is 1.20. The summed E-state index contributed by atoms with van der Waals surface area (Å²) in [4.78, 5) is 22.6. The van der Waals surface area contributed by atoms with Crippen LogP contribution >= 0.6 is 0 Å². The lowest BCUT2D eigenvalue weighted by Crippen LogP contribution is -2.41. The molecular formula is C13H21N3O4. The molecule has 1 amide bonds. The molecule has 0 radical (unpaired) electrons. The first kappa shape index (κ1) is 16.2. The zero-order valence-electron chi connectivity index (χ0n) is 12.0. The summed E-state index contributed by atoms with van der Waals surface area (Å²) < 4.78 is 4.97. The van der Waals surface area contributed by atoms with Crippen molar-refractivity contribution in [1.82, 2.24) is 10.5 Å². The molecule has 3 N–H and O–H groups in total. The summed E-state index contributed by atoms with van der Waals surface area (Å²) in [5.41, 5.74) is 0.752. The summed E-state index contributed by atoms with van der Waals surface area (Å²) in [6.45, 7) is 5.73. The lowest BCUT2D eigenvalue weighted by molar-refractivity contribution is -0.139. The number of carbonyl (C=O) groups is 2. The third-order valence-electron chi connectivity index (χ3n) is 2.77. The number of anilines is 1. The van der Waals surface area contributed by atoms with Gasteiger partial charge in [-0.1, -0.05) is 32.3 Å². The number of amides is 1. The van der Waals surface area contributed by atoms with Gasteiger partial charge in [0.25, 0.3) is 0 Å². The van der Waals surface area contributed by atoms with Crippen LogP contribution in [0.4, 0.5) is 5.88 Å². The number of aliphatic carboxylic acids is 1. The average molecular weight is 283 g/mol. The Kier molecular flexibility index (Phi) is 6.17. The second kappa shape index (κ2) is 7.64. The summed E-state index contributed by atoms with van der Waals surface area (Å²) in [5.74, 6) is -0.841. The highest BCUT2D eigenvalue weighted by Gasteiger charge is 2.17. The standard InChI is InChI=1S/C13H21N3O4/c1-4-5-9(13(18)19)14-7-11(17)15-12-6-10(8(2)3)16-20-12/h6,8-9,14H,4-5,7H2,1-3H3,(H,15,17)(H,18,19). The van der Waals surface area contributed by atoms with Crippen molar-refractivity contribution in [1.29, 1.82) is 0 Å². The first-order valence-electron chi connectivity index (χ1n) is 6.66. The van der Waals surface area contributed by atoms with Gasteiger partial charge in [-0.2, -0.15) is 0 Å². The molecule has 1 aromatic heterocycles. The molecule has 0 aliphatic carbocycles. The molecule has 1 aromatic rings. The van der Waals surface area contributed by atoms with Crippen LogP contribution in [0.5, 0.6) is 0 Å². The fourth-order valence-corrected chi connectivity index (χ4v) is 1.62. The minimum absolute atomic E-state index is 0.0886. The molecule has 7 heteroatoms. The van der Waals surface area contributed by atoms with Crippen molar-refractivity contribution in [3.8, 4) is 0 Å². The van der Waals surface area contributed by atoms with E-state index in [0.717, 1.165) is 12.1 Å². The topological polar surface area (TPSA) is 104 Å². The SMILES string of the molecule is CCCC(NCC(=O)Nc1cc(C(C)C)no1)C(=O)O. The third-order valence-corrected chi connectivity index (χ3v) is 2.77. The highest BCUT2D eigenvalue weighted by Crippen LogP contribution is 2.17. The Hall–Kier alpha value is -1.89. The summed E-state index contributed by atoms with van der Waals surface area (Å²) in [5, 5.41) is 18.0. The predicted octanol–water partition coefficient (Wildman–Crippen LogP) is 1.58. The van der Waals surface area contributed by atoms with Gasteiger partial charge in [-0.15, -0.1) is 0 Å². The van der Waals surface area contributed by atoms with E-state index in [9.17, 15) is 9.59 Å². The number of carbonyl (C=O) groups excluding carboxylic acids is 1. The van der Waals surface area contributed by atoms with Crippen LogP contribution in [-0.2, 0) is 9.59 Å². The number of aromatic nitrogens is 1. The van der Waals surface area contributed by atoms with Crippen molar-refractivity contribution in [2.75, 3.05) is 11.9 Å². The van der Waals surface area contributed by atoms with Crippen molar-refractivity contribution in [2.45, 2.75) is 45.6 Å². The first-order chi connectivity index (χ1) is 9.43. The minimum Gasteiger partial charge on any atom is -0.480 e. The van der Waals surface area contributed by atoms with Gasteiger partial charge < -0.3 is 9.63 Å². The van der Waals surface area contributed by atoms with Crippen LogP contribution in [0.25, 0.3) is 0 Å². The van der Waals surface area contributed by atoms with Crippen molar-refractivity contribution in [2.24, 2.45) is 0 Å². The zero-order valence-corrected chi connectivity index (χ0v) is 12.0. The molecule has 1 heterocycles. The molecule has 1 unspecified atom stereocenters. The molecule has 0 bridgehead atoms. The van der Waals surface area contributed by atoms with Gasteiger partial charge in [-0.25, -0.2) is 0 Å². The number of hydrogen-bond donors (Lipinski definition) is 3. The van der Waals surface area contributed by atoms with E-state index in [1.54, 1.807) is 6.07 Å². The van der Waals surface area contributed by atoms with Gasteiger partial charge >= 0.3 is 5.97 Å². The van der Waals surface area contributed by atoms with Gasteiger partial charge in [0.15, 0.2) is 0 Å². The molecule has 1 rings (SSSR count). The van der Waals surface area contributed by atoms with Crippen molar-refractivity contribution < 1.29 is 19.2 Å². The van der Waals surface area contributed by atoms with Gasteiger partial charge in [0, 0.05) is 6.07 Å². The maximum Gasteiger partial charge on any atom is 0.320 e. The van der Waals surface area contributed by atoms with Gasteiger partial charge in [-0.3, -0.25) is 20.2 Å². The molecule has 0 spiro atoms. The molecule has 7 nitrogen and oxygen atoms in total. The number of carboxylic acid groups (broad SMARTS) is 1. The zero-order chi connectivity index (χ0) is 15.1. The van der Waals surface area contributed by atoms with Crippen LogP contribution in [0.15, 0.2) is 10.6 Å². The van der Waals surface area contributed by atoms with E-state index >= 15 is 0 Å². The molecule has 0 aliphatic rings. The third kappa shape index (κ3) is 5.00. The largest absolute Gasteiger partial charge is 0.480 e. The van der Waals surface area contributed by atoms with E-state index in [-0.39, 0.29) is 24.3 Å². The van der Waals surface area contributed by atoms with Gasteiger partial charge in [0.05, 0.1) is 12.2 Å². The van der Waals surface area contributed by atoms with Gasteiger partial charge in [0.2, 0.25) is 11.8 Å². The average Bonchev–Trinajstić information content (AvgIpc) is 2.82. The maximum atomic E-state index is 11.7. The second-order valence-electron chi connectivity index (χ2n) is 4.88. The summed E-state index contributed by atoms with van der Waals surface area (Å²) in [7, 11) is 0. The number of carboxylic acids is 1. The minimum atomic E-state index is -0.957. The van der Waals surface area contributed by atoms with Crippen molar-refractivity contribution in [3.63, 3.8) is 0 Å². The number of nitrogens with zero attached hydrogens (tertiary/aromatic N) is 1. The Balaban J connectivity index is 2.44. The van der Waals surface area contributed by atoms with Crippen molar-refractivity contribution >= 4 is 17.8 Å². The first-order valence-corrected chi connectivity index (χ1v) is 6.66. The molecule has 0 saturated heterocycles. The van der Waals surface area contributed by atoms with Crippen LogP contribution in [0.2, 0.25) is 0 Å². The predicted molar refractivity (Wildman–Crippen MR) is 73.6 cm³/mol. The van der Waals surface area contributed by atoms with E-state index < -0.39 is 12.0 Å². The summed E-state index contributed by atoms with van der Waals surface area (Å²) >= 11 is 0. The number of nitrogens with one attached hydrogen (secondary N) is 2. The lowest BCUT2D eigenvalue weighted by Gasteiger charge is -2.12. The lowest BCUT2D eigenvalue weighted by atomic mass is 10.1. The number of hydrogen-bond acceptors (Lipinski definition) is 5. The number of rotatable bonds is 8. The molecule has 20 heavy (non-hydrogen) atoms. The fourth-order valence-electron chi connectivity index (χ4n) is 1.62. The Labute approximate surface area is 117 Å². The molecule has 0 aromatic carbocycles. The van der Waals surface area contributed by atoms with Crippen LogP contribution in [0, 0.1) is 0 Å². The van der Waals surface area contributed by atoms with Crippen LogP contribution in [0.3, 0.4) is 0 Å². The Morgan fingerprint density at radius 2 is 2.15 bits per heavy atom. The van der Waals surface area contributed by atoms with E-state index in [4.69, 9.17) is 9.63 Å². The monoisotopic (exact) mass is 283 g/mol. The van der Waals surface area contributed by atoms with Crippen molar-refractivity contribution in [3.05, 3.63) is 11.8 Å². The van der Waals surface area contributed by atoms with E-state index in [0.29, 0.717) is 6.42 Å². The molecule has 1 atom stereocenters. The van der Waals surface area contributed by atoms with E-state index in [1.807, 2.05) is 20.8 Å². The van der Waals surface area contributed by atoms with Crippen LogP contribution in [0.1, 0.15) is 45.2 Å². The Morgan fingerprint density at radius 3 is 2.65 bits per heavy atom. The van der Waals surface area contributed by atoms with Crippen LogP contribution in [-0.4, -0.2) is 34.7 Å². The summed E-state index contributed by atoms with van der Waals surface area (Å²) in [6, 6.07) is 0.940. The van der Waals surface area contributed by atoms with E-state index in [2.05, 4.69) is 15.8 Å². The normalized spacial score (nSPS) is 12.4. The van der Waals surface area contributed by atoms with Gasteiger partial charge in [0.1, 0.15) is 6.04 Å². The molecule has 0 fully saturated rings. The Bertz CT molecular complexity index is 456. The smallest absolute Gasteiger partial charge is 0.320 e. The molecular weight excluding hydrogens is 262 g/mol. The molecule has 0 aliphatic heterocycles. The second-order valence-corrected chi connectivity index (χ2v) is 4.88. The maximum absolute atomic E-state index is 11.7. The Morgan fingerprint density at radius 1 is 1.45 bits per heavy atom. The molecule has 0 saturated carbocycles. The van der Waals surface area contributed by atoms with Crippen LogP contribution < -0.4 is 10.6 Å². The molecule has 112 valence electrons. The van der Waals surface area contributed by atoms with Gasteiger partial charge in [-0.05, 0) is 12.3 Å². The fraction of sp³-hybridized carbons (Fsp3) is 0.615. The highest BCUT2D eigenvalue weighted by molar-refractivity contribution is 5.91.